The van der Waals surface area contributed by atoms with Crippen molar-refractivity contribution in [1.29, 1.82) is 0 Å². The summed E-state index contributed by atoms with van der Waals surface area (Å²) in [6, 6.07) is 11.7. The Kier molecular flexibility index (Phi) is 3.67. The molecule has 0 N–H and O–H groups in total. The molecule has 3 rings (SSSR count). The van der Waals surface area contributed by atoms with Crippen LogP contribution in [-0.2, 0) is 6.54 Å². The van der Waals surface area contributed by atoms with Crippen molar-refractivity contribution < 1.29 is 0 Å². The molecule has 2 fully saturated rings. The number of rotatable bonds is 3. The van der Waals surface area contributed by atoms with Crippen LogP contribution >= 0.6 is 0 Å². The maximum atomic E-state index is 2.72. The first-order valence-corrected chi connectivity index (χ1v) is 7.35. The van der Waals surface area contributed by atoms with Gasteiger partial charge in [-0.25, -0.2) is 0 Å². The Morgan fingerprint density at radius 1 is 1.11 bits per heavy atom. The molecule has 2 saturated heterocycles. The molecule has 3 unspecified atom stereocenters. The van der Waals surface area contributed by atoms with Gasteiger partial charge in [0.15, 0.2) is 0 Å². The van der Waals surface area contributed by atoms with Gasteiger partial charge in [-0.3, -0.25) is 9.80 Å². The topological polar surface area (TPSA) is 6.48 Å². The second kappa shape index (κ2) is 5.41. The first-order valence-electron chi connectivity index (χ1n) is 7.35. The summed E-state index contributed by atoms with van der Waals surface area (Å²) < 4.78 is 0. The summed E-state index contributed by atoms with van der Waals surface area (Å²) in [4.78, 5) is 5.39. The van der Waals surface area contributed by atoms with Gasteiger partial charge in [-0.05, 0) is 30.9 Å². The van der Waals surface area contributed by atoms with Crippen LogP contribution in [0.25, 0.3) is 0 Å². The van der Waals surface area contributed by atoms with Crippen molar-refractivity contribution in [2.75, 3.05) is 26.2 Å². The highest BCUT2D eigenvalue weighted by molar-refractivity contribution is 5.14. The summed E-state index contributed by atoms with van der Waals surface area (Å²) in [7, 11) is 0. The molecule has 2 heteroatoms. The molecule has 2 aliphatic heterocycles. The highest BCUT2D eigenvalue weighted by Crippen LogP contribution is 2.26. The zero-order valence-corrected chi connectivity index (χ0v) is 11.4. The summed E-state index contributed by atoms with van der Waals surface area (Å²) in [5.41, 5.74) is 1.46. The molecule has 0 radical (unpaired) electrons. The second-order valence-corrected chi connectivity index (χ2v) is 5.89. The number of hydrogen-bond acceptors (Lipinski definition) is 2. The van der Waals surface area contributed by atoms with Crippen LogP contribution in [0.1, 0.15) is 25.3 Å². The van der Waals surface area contributed by atoms with Crippen molar-refractivity contribution in [3.63, 3.8) is 0 Å². The molecule has 2 bridgehead atoms. The fraction of sp³-hybridized carbons (Fsp3) is 0.625. The minimum atomic E-state index is 0.779. The van der Waals surface area contributed by atoms with Crippen molar-refractivity contribution in [2.24, 2.45) is 5.92 Å². The van der Waals surface area contributed by atoms with Gasteiger partial charge in [0.2, 0.25) is 0 Å². The van der Waals surface area contributed by atoms with Gasteiger partial charge in [0.1, 0.15) is 0 Å². The summed E-state index contributed by atoms with van der Waals surface area (Å²) >= 11 is 0. The molecule has 0 saturated carbocycles. The van der Waals surface area contributed by atoms with Crippen molar-refractivity contribution in [1.82, 2.24) is 9.80 Å². The van der Waals surface area contributed by atoms with Gasteiger partial charge in [-0.15, -0.1) is 0 Å². The molecule has 3 atom stereocenters. The number of fused-ring (bicyclic) bond motifs is 2. The van der Waals surface area contributed by atoms with Crippen LogP contribution in [0.5, 0.6) is 0 Å². The molecule has 1 aromatic carbocycles. The van der Waals surface area contributed by atoms with E-state index in [1.54, 1.807) is 0 Å². The summed E-state index contributed by atoms with van der Waals surface area (Å²) in [5.74, 6) is 0.908. The van der Waals surface area contributed by atoms with E-state index < -0.39 is 0 Å². The van der Waals surface area contributed by atoms with Gasteiger partial charge in [0, 0.05) is 32.2 Å². The Balaban J connectivity index is 1.69. The summed E-state index contributed by atoms with van der Waals surface area (Å²) in [5, 5.41) is 0. The van der Waals surface area contributed by atoms with Gasteiger partial charge >= 0.3 is 0 Å². The van der Waals surface area contributed by atoms with Gasteiger partial charge in [-0.1, -0.05) is 37.3 Å². The molecular weight excluding hydrogens is 220 g/mol. The van der Waals surface area contributed by atoms with Crippen LogP contribution in [0, 0.1) is 5.92 Å². The number of benzene rings is 1. The maximum absolute atomic E-state index is 2.72. The van der Waals surface area contributed by atoms with E-state index in [0.29, 0.717) is 0 Å². The average Bonchev–Trinajstić information content (AvgIpc) is 2.76. The van der Waals surface area contributed by atoms with E-state index in [2.05, 4.69) is 47.1 Å². The molecule has 0 spiro atoms. The van der Waals surface area contributed by atoms with Gasteiger partial charge < -0.3 is 0 Å². The Morgan fingerprint density at radius 2 is 1.94 bits per heavy atom. The van der Waals surface area contributed by atoms with Crippen LogP contribution < -0.4 is 0 Å². The summed E-state index contributed by atoms with van der Waals surface area (Å²) in [6.07, 6.45) is 2.69. The fourth-order valence-corrected chi connectivity index (χ4v) is 3.55. The zero-order chi connectivity index (χ0) is 12.4. The summed E-state index contributed by atoms with van der Waals surface area (Å²) in [6.45, 7) is 8.68. The smallest absolute Gasteiger partial charge is 0.0234 e. The number of hydrogen-bond donors (Lipinski definition) is 0. The predicted octanol–water partition coefficient (Wildman–Crippen LogP) is 2.60. The molecular formula is C16H24N2. The lowest BCUT2D eigenvalue weighted by Gasteiger charge is -2.30. The average molecular weight is 244 g/mol. The lowest BCUT2D eigenvalue weighted by molar-refractivity contribution is 0.170. The lowest BCUT2D eigenvalue weighted by atomic mass is 10.1. The first kappa shape index (κ1) is 12.2. The van der Waals surface area contributed by atoms with Gasteiger partial charge in [0.25, 0.3) is 0 Å². The van der Waals surface area contributed by atoms with E-state index in [1.165, 1.54) is 44.6 Å². The predicted molar refractivity (Wildman–Crippen MR) is 75.5 cm³/mol. The van der Waals surface area contributed by atoms with E-state index in [-0.39, 0.29) is 0 Å². The number of nitrogens with zero attached hydrogens (tertiary/aromatic N) is 2. The Bertz CT molecular complexity index is 376. The minimum Gasteiger partial charge on any atom is -0.299 e. The van der Waals surface area contributed by atoms with Gasteiger partial charge in [-0.2, -0.15) is 0 Å². The van der Waals surface area contributed by atoms with Crippen LogP contribution in [0.3, 0.4) is 0 Å². The molecule has 0 aliphatic carbocycles. The van der Waals surface area contributed by atoms with Crippen LogP contribution in [0.2, 0.25) is 0 Å². The molecule has 18 heavy (non-hydrogen) atoms. The third-order valence-electron chi connectivity index (χ3n) is 4.54. The highest BCUT2D eigenvalue weighted by Gasteiger charge is 2.33. The Hall–Kier alpha value is -0.860. The normalized spacial score (nSPS) is 32.4. The highest BCUT2D eigenvalue weighted by atomic mass is 15.3. The van der Waals surface area contributed by atoms with Crippen LogP contribution in [0.15, 0.2) is 30.3 Å². The Morgan fingerprint density at radius 3 is 2.72 bits per heavy atom. The molecule has 1 aromatic rings. The molecule has 2 aliphatic rings. The van der Waals surface area contributed by atoms with E-state index in [0.717, 1.165) is 18.5 Å². The molecule has 2 nitrogen and oxygen atoms in total. The lowest BCUT2D eigenvalue weighted by Crippen LogP contribution is -2.40. The second-order valence-electron chi connectivity index (χ2n) is 5.89. The third-order valence-corrected chi connectivity index (χ3v) is 4.54. The van der Waals surface area contributed by atoms with E-state index >= 15 is 0 Å². The standard InChI is InChI=1S/C16H24N2/c1-2-16-13-17(10-14-6-4-3-5-7-14)11-15-8-9-18(16)12-15/h3-7,15-16H,2,8-13H2,1H3. The molecule has 98 valence electrons. The first-order chi connectivity index (χ1) is 8.85. The Labute approximate surface area is 111 Å². The minimum absolute atomic E-state index is 0.779. The largest absolute Gasteiger partial charge is 0.299 e. The molecule has 0 aromatic heterocycles. The SMILES string of the molecule is CCC1CN(Cc2ccccc2)CC2CCN1C2. The van der Waals surface area contributed by atoms with Crippen LogP contribution in [0.4, 0.5) is 0 Å². The fourth-order valence-electron chi connectivity index (χ4n) is 3.55. The van der Waals surface area contributed by atoms with Crippen molar-refractivity contribution >= 4 is 0 Å². The van der Waals surface area contributed by atoms with E-state index in [9.17, 15) is 0 Å². The van der Waals surface area contributed by atoms with E-state index in [4.69, 9.17) is 0 Å². The van der Waals surface area contributed by atoms with Gasteiger partial charge in [0.05, 0.1) is 0 Å². The van der Waals surface area contributed by atoms with Crippen molar-refractivity contribution in [2.45, 2.75) is 32.4 Å². The third kappa shape index (κ3) is 2.60. The zero-order valence-electron chi connectivity index (χ0n) is 11.4. The van der Waals surface area contributed by atoms with Crippen molar-refractivity contribution in [3.8, 4) is 0 Å². The monoisotopic (exact) mass is 244 g/mol. The van der Waals surface area contributed by atoms with E-state index in [1.807, 2.05) is 0 Å². The molecule has 0 amide bonds. The maximum Gasteiger partial charge on any atom is 0.0234 e. The molecule has 2 heterocycles. The quantitative estimate of drug-likeness (QED) is 0.806. The van der Waals surface area contributed by atoms with Crippen LogP contribution in [-0.4, -0.2) is 42.0 Å². The van der Waals surface area contributed by atoms with Crippen molar-refractivity contribution in [3.05, 3.63) is 35.9 Å².